The number of aromatic amines is 1. The second kappa shape index (κ2) is 7.35. The van der Waals surface area contributed by atoms with E-state index in [9.17, 15) is 9.59 Å². The Morgan fingerprint density at radius 3 is 2.54 bits per heavy atom. The van der Waals surface area contributed by atoms with Crippen LogP contribution in [0, 0.1) is 6.92 Å². The second-order valence-electron chi connectivity index (χ2n) is 6.35. The van der Waals surface area contributed by atoms with Crippen molar-refractivity contribution in [2.75, 3.05) is 7.05 Å². The maximum absolute atomic E-state index is 12.7. The number of aromatic nitrogens is 2. The number of aryl methyl sites for hydroxylation is 1. The molecule has 3 aromatic rings. The summed E-state index contributed by atoms with van der Waals surface area (Å²) >= 11 is 0. The lowest BCUT2D eigenvalue weighted by Gasteiger charge is -2.25. The highest BCUT2D eigenvalue weighted by molar-refractivity contribution is 5.94. The molecule has 0 fully saturated rings. The highest BCUT2D eigenvalue weighted by Gasteiger charge is 2.21. The van der Waals surface area contributed by atoms with Crippen LogP contribution in [0.1, 0.15) is 34.6 Å². The number of benzene rings is 1. The predicted molar refractivity (Wildman–Crippen MR) is 102 cm³/mol. The third-order valence-electron chi connectivity index (χ3n) is 4.57. The standard InChI is InChI=1S/C21H21N3O2/c1-14-11-20(25)19(13-23-14)21(26)24(3)15(2)17-5-4-6-18(12-17)16-7-9-22-10-8-16/h4-13,15H,1-3H3,(H,23,25). The van der Waals surface area contributed by atoms with Gasteiger partial charge in [-0.05, 0) is 48.7 Å². The first-order valence-electron chi connectivity index (χ1n) is 8.44. The average Bonchev–Trinajstić information content (AvgIpc) is 2.67. The van der Waals surface area contributed by atoms with Crippen LogP contribution in [0.4, 0.5) is 0 Å². The van der Waals surface area contributed by atoms with Crippen molar-refractivity contribution in [2.45, 2.75) is 19.9 Å². The van der Waals surface area contributed by atoms with Crippen molar-refractivity contribution in [1.82, 2.24) is 14.9 Å². The normalized spacial score (nSPS) is 11.8. The van der Waals surface area contributed by atoms with E-state index >= 15 is 0 Å². The van der Waals surface area contributed by atoms with Crippen molar-refractivity contribution in [1.29, 1.82) is 0 Å². The first kappa shape index (κ1) is 17.6. The van der Waals surface area contributed by atoms with Gasteiger partial charge in [0.2, 0.25) is 0 Å². The van der Waals surface area contributed by atoms with Gasteiger partial charge in [0.15, 0.2) is 5.43 Å². The van der Waals surface area contributed by atoms with E-state index in [0.29, 0.717) is 0 Å². The fourth-order valence-electron chi connectivity index (χ4n) is 2.85. The molecule has 1 unspecified atom stereocenters. The predicted octanol–water partition coefficient (Wildman–Crippen LogP) is 3.58. The summed E-state index contributed by atoms with van der Waals surface area (Å²) in [6, 6.07) is 13.2. The number of H-pyrrole nitrogens is 1. The number of nitrogens with zero attached hydrogens (tertiary/aromatic N) is 2. The zero-order chi connectivity index (χ0) is 18.7. The summed E-state index contributed by atoms with van der Waals surface area (Å²) in [4.78, 5) is 33.4. The molecule has 5 nitrogen and oxygen atoms in total. The Balaban J connectivity index is 1.88. The lowest BCUT2D eigenvalue weighted by molar-refractivity contribution is 0.0741. The molecule has 1 N–H and O–H groups in total. The van der Waals surface area contributed by atoms with Gasteiger partial charge >= 0.3 is 0 Å². The lowest BCUT2D eigenvalue weighted by Crippen LogP contribution is -2.33. The molecular formula is C21H21N3O2. The Bertz CT molecular complexity index is 980. The molecule has 0 aliphatic rings. The first-order chi connectivity index (χ1) is 12.5. The Labute approximate surface area is 152 Å². The maximum atomic E-state index is 12.7. The number of hydrogen-bond donors (Lipinski definition) is 1. The number of amides is 1. The van der Waals surface area contributed by atoms with Gasteiger partial charge in [-0.1, -0.05) is 18.2 Å². The summed E-state index contributed by atoms with van der Waals surface area (Å²) in [6.45, 7) is 3.73. The third-order valence-corrected chi connectivity index (χ3v) is 4.57. The monoisotopic (exact) mass is 347 g/mol. The van der Waals surface area contributed by atoms with Crippen molar-refractivity contribution >= 4 is 5.91 Å². The minimum atomic E-state index is -0.298. The molecule has 0 saturated heterocycles. The summed E-state index contributed by atoms with van der Waals surface area (Å²) < 4.78 is 0. The van der Waals surface area contributed by atoms with E-state index in [0.717, 1.165) is 22.4 Å². The van der Waals surface area contributed by atoms with Gasteiger partial charge in [0, 0.05) is 37.4 Å². The molecule has 0 saturated carbocycles. The summed E-state index contributed by atoms with van der Waals surface area (Å²) in [6.07, 6.45) is 4.99. The smallest absolute Gasteiger partial charge is 0.259 e. The Morgan fingerprint density at radius 2 is 1.85 bits per heavy atom. The fraction of sp³-hybridized carbons (Fsp3) is 0.190. The van der Waals surface area contributed by atoms with E-state index in [2.05, 4.69) is 16.0 Å². The lowest BCUT2D eigenvalue weighted by atomic mass is 10.00. The number of hydrogen-bond acceptors (Lipinski definition) is 3. The third kappa shape index (κ3) is 3.57. The first-order valence-corrected chi connectivity index (χ1v) is 8.44. The van der Waals surface area contributed by atoms with Gasteiger partial charge in [0.25, 0.3) is 5.91 Å². The highest BCUT2D eigenvalue weighted by atomic mass is 16.2. The maximum Gasteiger partial charge on any atom is 0.259 e. The zero-order valence-electron chi connectivity index (χ0n) is 15.1. The molecule has 0 spiro atoms. The van der Waals surface area contributed by atoms with E-state index in [4.69, 9.17) is 0 Å². The van der Waals surface area contributed by atoms with Gasteiger partial charge in [-0.15, -0.1) is 0 Å². The number of rotatable bonds is 4. The molecule has 132 valence electrons. The molecule has 5 heteroatoms. The SMILES string of the molecule is Cc1cc(=O)c(C(=O)N(C)C(C)c2cccc(-c3ccncc3)c2)c[nH]1. The Morgan fingerprint density at radius 1 is 1.12 bits per heavy atom. The molecule has 26 heavy (non-hydrogen) atoms. The van der Waals surface area contributed by atoms with Gasteiger partial charge < -0.3 is 9.88 Å². The molecule has 1 amide bonds. The van der Waals surface area contributed by atoms with Crippen LogP contribution >= 0.6 is 0 Å². The van der Waals surface area contributed by atoms with Crippen LogP contribution in [-0.2, 0) is 0 Å². The molecule has 0 bridgehead atoms. The van der Waals surface area contributed by atoms with Crippen molar-refractivity contribution in [3.8, 4) is 11.1 Å². The van der Waals surface area contributed by atoms with Crippen molar-refractivity contribution < 1.29 is 4.79 Å². The van der Waals surface area contributed by atoms with Crippen molar-refractivity contribution in [2.24, 2.45) is 0 Å². The van der Waals surface area contributed by atoms with E-state index in [1.165, 1.54) is 12.3 Å². The van der Waals surface area contributed by atoms with Crippen LogP contribution in [0.15, 0.2) is 65.8 Å². The van der Waals surface area contributed by atoms with Gasteiger partial charge in [-0.3, -0.25) is 14.6 Å². The highest BCUT2D eigenvalue weighted by Crippen LogP contribution is 2.25. The van der Waals surface area contributed by atoms with E-state index in [-0.39, 0.29) is 22.9 Å². The molecule has 0 radical (unpaired) electrons. The summed E-state index contributed by atoms with van der Waals surface area (Å²) in [7, 11) is 1.71. The van der Waals surface area contributed by atoms with E-state index in [1.807, 2.05) is 37.3 Å². The summed E-state index contributed by atoms with van der Waals surface area (Å²) in [5, 5.41) is 0. The quantitative estimate of drug-likeness (QED) is 0.784. The summed E-state index contributed by atoms with van der Waals surface area (Å²) in [5.74, 6) is -0.298. The minimum absolute atomic E-state index is 0.148. The number of carbonyl (C=O) groups is 1. The molecular weight excluding hydrogens is 326 g/mol. The number of pyridine rings is 2. The number of carbonyl (C=O) groups excluding carboxylic acids is 1. The Kier molecular flexibility index (Phi) is 4.98. The van der Waals surface area contributed by atoms with Gasteiger partial charge in [0.05, 0.1) is 6.04 Å². The van der Waals surface area contributed by atoms with E-state index < -0.39 is 0 Å². The van der Waals surface area contributed by atoms with Crippen LogP contribution in [0.5, 0.6) is 0 Å². The van der Waals surface area contributed by atoms with Crippen LogP contribution in [0.25, 0.3) is 11.1 Å². The van der Waals surface area contributed by atoms with Crippen LogP contribution in [0.2, 0.25) is 0 Å². The zero-order valence-corrected chi connectivity index (χ0v) is 15.1. The van der Waals surface area contributed by atoms with E-state index in [1.54, 1.807) is 31.3 Å². The fourth-order valence-corrected chi connectivity index (χ4v) is 2.85. The van der Waals surface area contributed by atoms with Crippen LogP contribution < -0.4 is 5.43 Å². The van der Waals surface area contributed by atoms with Crippen molar-refractivity contribution in [3.05, 3.63) is 88.1 Å². The molecule has 1 aromatic carbocycles. The van der Waals surface area contributed by atoms with Gasteiger partial charge in [0.1, 0.15) is 5.56 Å². The second-order valence-corrected chi connectivity index (χ2v) is 6.35. The average molecular weight is 347 g/mol. The molecule has 1 atom stereocenters. The van der Waals surface area contributed by atoms with Crippen molar-refractivity contribution in [3.63, 3.8) is 0 Å². The van der Waals surface area contributed by atoms with Gasteiger partial charge in [-0.2, -0.15) is 0 Å². The molecule has 3 rings (SSSR count). The topological polar surface area (TPSA) is 66.1 Å². The number of nitrogens with one attached hydrogen (secondary N) is 1. The largest absolute Gasteiger partial charge is 0.364 e. The van der Waals surface area contributed by atoms with Gasteiger partial charge in [-0.25, -0.2) is 0 Å². The summed E-state index contributed by atoms with van der Waals surface area (Å²) in [5.41, 5.74) is 3.74. The Hall–Kier alpha value is -3.21. The minimum Gasteiger partial charge on any atom is -0.364 e. The molecule has 0 aliphatic carbocycles. The molecule has 2 aromatic heterocycles. The molecule has 2 heterocycles. The molecule has 0 aliphatic heterocycles. The van der Waals surface area contributed by atoms with Crippen LogP contribution in [0.3, 0.4) is 0 Å². The van der Waals surface area contributed by atoms with Crippen LogP contribution in [-0.4, -0.2) is 27.8 Å².